The average Bonchev–Trinajstić information content (AvgIpc) is 2.83. The van der Waals surface area contributed by atoms with E-state index in [2.05, 4.69) is 15.0 Å². The summed E-state index contributed by atoms with van der Waals surface area (Å²) < 4.78 is 27.3. The number of halogens is 2. The van der Waals surface area contributed by atoms with Gasteiger partial charge in [-0.05, 0) is 12.1 Å². The molecule has 0 atom stereocenters. The van der Waals surface area contributed by atoms with Crippen LogP contribution >= 0.6 is 0 Å². The number of carbonyl (C=O) groups is 1. The van der Waals surface area contributed by atoms with Gasteiger partial charge >= 0.3 is 0 Å². The summed E-state index contributed by atoms with van der Waals surface area (Å²) in [6.07, 6.45) is 2.33. The summed E-state index contributed by atoms with van der Waals surface area (Å²) in [6, 6.07) is 3.14. The first kappa shape index (κ1) is 12.2. The number of hydrogen-bond donors (Lipinski definition) is 2. The Labute approximate surface area is 110 Å². The van der Waals surface area contributed by atoms with Gasteiger partial charge in [0.2, 0.25) is 11.7 Å². The van der Waals surface area contributed by atoms with E-state index in [1.54, 1.807) is 0 Å². The van der Waals surface area contributed by atoms with E-state index in [1.807, 2.05) is 0 Å². The highest BCUT2D eigenvalue weighted by Crippen LogP contribution is 2.27. The molecule has 1 aromatic carbocycles. The van der Waals surface area contributed by atoms with Crippen molar-refractivity contribution in [1.29, 1.82) is 0 Å². The summed E-state index contributed by atoms with van der Waals surface area (Å²) in [7, 11) is 0. The summed E-state index contributed by atoms with van der Waals surface area (Å²) in [4.78, 5) is 22.3. The molecule has 0 aliphatic heterocycles. The highest BCUT2D eigenvalue weighted by Gasteiger charge is 2.23. The molecule has 2 N–H and O–H groups in total. The molecule has 100 valence electrons. The van der Waals surface area contributed by atoms with Crippen LogP contribution in [0.2, 0.25) is 0 Å². The van der Waals surface area contributed by atoms with Gasteiger partial charge in [0.1, 0.15) is 23.6 Å². The van der Waals surface area contributed by atoms with Gasteiger partial charge in [0, 0.05) is 6.20 Å². The number of aromatic hydroxyl groups is 1. The Morgan fingerprint density at radius 3 is 2.60 bits per heavy atom. The van der Waals surface area contributed by atoms with Gasteiger partial charge in [-0.2, -0.15) is 0 Å². The summed E-state index contributed by atoms with van der Waals surface area (Å²) >= 11 is 0. The molecule has 0 spiro atoms. The Kier molecular flexibility index (Phi) is 2.67. The Bertz CT molecular complexity index is 809. The van der Waals surface area contributed by atoms with Crippen molar-refractivity contribution in [2.45, 2.75) is 0 Å². The predicted molar refractivity (Wildman–Crippen MR) is 65.3 cm³/mol. The minimum atomic E-state index is -0.972. The third-order valence-corrected chi connectivity index (χ3v) is 2.88. The molecule has 0 bridgehead atoms. The van der Waals surface area contributed by atoms with Gasteiger partial charge in [0.25, 0.3) is 0 Å². The van der Waals surface area contributed by atoms with Gasteiger partial charge in [-0.15, -0.1) is 0 Å². The molecule has 0 aliphatic rings. The van der Waals surface area contributed by atoms with E-state index in [1.165, 1.54) is 6.20 Å². The van der Waals surface area contributed by atoms with E-state index in [-0.39, 0.29) is 16.6 Å². The third-order valence-electron chi connectivity index (χ3n) is 2.88. The molecule has 0 saturated carbocycles. The Balaban J connectivity index is 2.24. The number of hydrogen-bond acceptors (Lipinski definition) is 4. The van der Waals surface area contributed by atoms with Crippen LogP contribution in [0.1, 0.15) is 15.9 Å². The molecular weight excluding hydrogens is 268 g/mol. The lowest BCUT2D eigenvalue weighted by molar-refractivity contribution is 0.103. The molecule has 0 aliphatic carbocycles. The first-order valence-electron chi connectivity index (χ1n) is 5.59. The van der Waals surface area contributed by atoms with E-state index in [4.69, 9.17) is 0 Å². The van der Waals surface area contributed by atoms with Gasteiger partial charge in [0.05, 0.1) is 16.5 Å². The van der Waals surface area contributed by atoms with Gasteiger partial charge in [-0.1, -0.05) is 6.07 Å². The topological polar surface area (TPSA) is 78.9 Å². The van der Waals surface area contributed by atoms with Crippen LogP contribution in [0.25, 0.3) is 11.0 Å². The van der Waals surface area contributed by atoms with Crippen molar-refractivity contribution >= 4 is 16.8 Å². The second-order valence-corrected chi connectivity index (χ2v) is 4.05. The Morgan fingerprint density at radius 1 is 1.20 bits per heavy atom. The quantitative estimate of drug-likeness (QED) is 0.702. The summed E-state index contributed by atoms with van der Waals surface area (Å²) in [5, 5.41) is 9.69. The van der Waals surface area contributed by atoms with Crippen molar-refractivity contribution in [2.75, 3.05) is 0 Å². The van der Waals surface area contributed by atoms with Crippen LogP contribution in [-0.4, -0.2) is 25.8 Å². The first-order valence-corrected chi connectivity index (χ1v) is 5.59. The lowest BCUT2D eigenvalue weighted by Gasteiger charge is -2.03. The van der Waals surface area contributed by atoms with Crippen LogP contribution in [0, 0.1) is 11.6 Å². The van der Waals surface area contributed by atoms with Gasteiger partial charge in [0.15, 0.2) is 0 Å². The maximum Gasteiger partial charge on any atom is 0.224 e. The zero-order valence-electron chi connectivity index (χ0n) is 9.89. The van der Waals surface area contributed by atoms with Crippen LogP contribution in [0.4, 0.5) is 8.78 Å². The average molecular weight is 275 g/mol. The highest BCUT2D eigenvalue weighted by molar-refractivity contribution is 6.17. The molecule has 3 aromatic rings. The van der Waals surface area contributed by atoms with Crippen molar-refractivity contribution in [3.8, 4) is 5.88 Å². The van der Waals surface area contributed by atoms with Gasteiger partial charge in [-0.25, -0.2) is 18.7 Å². The number of rotatable bonds is 2. The maximum absolute atomic E-state index is 13.6. The number of ketones is 1. The minimum absolute atomic E-state index is 0.0279. The summed E-state index contributed by atoms with van der Waals surface area (Å²) in [5.74, 6) is -3.27. The molecule has 20 heavy (non-hydrogen) atoms. The van der Waals surface area contributed by atoms with E-state index >= 15 is 0 Å². The van der Waals surface area contributed by atoms with Gasteiger partial charge in [-0.3, -0.25) is 4.79 Å². The molecule has 0 amide bonds. The fourth-order valence-corrected chi connectivity index (χ4v) is 1.97. The highest BCUT2D eigenvalue weighted by atomic mass is 19.1. The summed E-state index contributed by atoms with van der Waals surface area (Å²) in [6.45, 7) is 0. The zero-order valence-corrected chi connectivity index (χ0v) is 9.89. The lowest BCUT2D eigenvalue weighted by Crippen LogP contribution is -2.07. The maximum atomic E-state index is 13.6. The SMILES string of the molecule is O=C(c1c(F)cccc1F)c1c[nH]c2ncnc(O)c12. The smallest absolute Gasteiger partial charge is 0.224 e. The van der Waals surface area contributed by atoms with E-state index < -0.39 is 28.9 Å². The second kappa shape index (κ2) is 4.37. The van der Waals surface area contributed by atoms with Gasteiger partial charge < -0.3 is 10.1 Å². The molecule has 2 aromatic heterocycles. The molecule has 3 rings (SSSR count). The number of benzene rings is 1. The number of fused-ring (bicyclic) bond motifs is 1. The normalized spacial score (nSPS) is 10.9. The number of aromatic amines is 1. The number of nitrogens with zero attached hydrogens (tertiary/aromatic N) is 2. The Morgan fingerprint density at radius 2 is 1.90 bits per heavy atom. The molecule has 0 radical (unpaired) electrons. The van der Waals surface area contributed by atoms with Crippen LogP contribution in [0.5, 0.6) is 5.88 Å². The number of nitrogens with one attached hydrogen (secondary N) is 1. The standard InChI is InChI=1S/C13H7F2N3O2/c14-7-2-1-3-8(15)10(7)11(19)6-4-16-12-9(6)13(20)18-5-17-12/h1-5H,(H2,16,17,18,20). The van der Waals surface area contributed by atoms with Crippen LogP contribution < -0.4 is 0 Å². The third kappa shape index (κ3) is 1.71. The van der Waals surface area contributed by atoms with Crippen LogP contribution in [-0.2, 0) is 0 Å². The molecule has 0 unspecified atom stereocenters. The molecule has 0 saturated heterocycles. The van der Waals surface area contributed by atoms with Crippen molar-refractivity contribution in [3.05, 3.63) is 53.5 Å². The number of aromatic nitrogens is 3. The fraction of sp³-hybridized carbons (Fsp3) is 0. The van der Waals surface area contributed by atoms with Crippen molar-refractivity contribution < 1.29 is 18.7 Å². The van der Waals surface area contributed by atoms with Crippen LogP contribution in [0.3, 0.4) is 0 Å². The molecule has 2 heterocycles. The van der Waals surface area contributed by atoms with E-state index in [0.717, 1.165) is 24.5 Å². The molecule has 0 fully saturated rings. The summed E-state index contributed by atoms with van der Waals surface area (Å²) in [5.41, 5.74) is -0.573. The van der Waals surface area contributed by atoms with E-state index in [9.17, 15) is 18.7 Å². The molecule has 5 nitrogen and oxygen atoms in total. The van der Waals surface area contributed by atoms with Crippen molar-refractivity contribution in [2.24, 2.45) is 0 Å². The predicted octanol–water partition coefficient (Wildman–Crippen LogP) is 2.17. The van der Waals surface area contributed by atoms with Crippen LogP contribution in [0.15, 0.2) is 30.7 Å². The molecule has 7 heteroatoms. The number of H-pyrrole nitrogens is 1. The Hall–Kier alpha value is -2.83. The second-order valence-electron chi connectivity index (χ2n) is 4.05. The minimum Gasteiger partial charge on any atom is -0.493 e. The van der Waals surface area contributed by atoms with Crippen molar-refractivity contribution in [3.63, 3.8) is 0 Å². The zero-order chi connectivity index (χ0) is 14.3. The first-order chi connectivity index (χ1) is 9.59. The monoisotopic (exact) mass is 275 g/mol. The largest absolute Gasteiger partial charge is 0.493 e. The molecular formula is C13H7F2N3O2. The lowest BCUT2D eigenvalue weighted by atomic mass is 10.0. The van der Waals surface area contributed by atoms with Crippen molar-refractivity contribution in [1.82, 2.24) is 15.0 Å². The van der Waals surface area contributed by atoms with E-state index in [0.29, 0.717) is 0 Å². The fourth-order valence-electron chi connectivity index (χ4n) is 1.97. The number of carbonyl (C=O) groups excluding carboxylic acids is 1.